The highest BCUT2D eigenvalue weighted by Crippen LogP contribution is 2.23. The molecule has 3 rings (SSSR count). The van der Waals surface area contributed by atoms with Crippen molar-refractivity contribution in [2.24, 2.45) is 0 Å². The molecule has 0 fully saturated rings. The maximum absolute atomic E-state index is 12.6. The van der Waals surface area contributed by atoms with Crippen molar-refractivity contribution < 1.29 is 19.1 Å². The first-order chi connectivity index (χ1) is 12.6. The van der Waals surface area contributed by atoms with Gasteiger partial charge in [-0.05, 0) is 24.3 Å². The molecule has 1 heterocycles. The Balaban J connectivity index is 1.90. The van der Waals surface area contributed by atoms with Crippen molar-refractivity contribution in [2.45, 2.75) is 0 Å². The standard InChI is InChI=1S/C18H12ClN3O4/c19-15-16(21-12-11-20-15)22(17(23)25-13-7-3-1-4-8-13)18(24)26-14-9-5-2-6-10-14/h1-12H. The number of anilines is 1. The Morgan fingerprint density at radius 2 is 1.23 bits per heavy atom. The van der Waals surface area contributed by atoms with Crippen LogP contribution in [0.3, 0.4) is 0 Å². The number of carbonyl (C=O) groups is 2. The van der Waals surface area contributed by atoms with Crippen LogP contribution in [0.2, 0.25) is 5.15 Å². The smallest absolute Gasteiger partial charge is 0.410 e. The van der Waals surface area contributed by atoms with Gasteiger partial charge in [-0.25, -0.2) is 19.6 Å². The lowest BCUT2D eigenvalue weighted by Crippen LogP contribution is -2.41. The Labute approximate surface area is 153 Å². The third-order valence-electron chi connectivity index (χ3n) is 3.11. The second-order valence-corrected chi connectivity index (χ2v) is 5.23. The second-order valence-electron chi connectivity index (χ2n) is 4.87. The van der Waals surface area contributed by atoms with Gasteiger partial charge in [-0.15, -0.1) is 0 Å². The van der Waals surface area contributed by atoms with Crippen LogP contribution in [0.4, 0.5) is 15.4 Å². The van der Waals surface area contributed by atoms with E-state index in [1.807, 2.05) is 0 Å². The number of halogens is 1. The molecule has 2 amide bonds. The van der Waals surface area contributed by atoms with E-state index in [1.165, 1.54) is 12.4 Å². The molecule has 3 aromatic rings. The lowest BCUT2D eigenvalue weighted by molar-refractivity contribution is 0.190. The average Bonchev–Trinajstić information content (AvgIpc) is 2.65. The van der Waals surface area contributed by atoms with Gasteiger partial charge in [-0.2, -0.15) is 4.90 Å². The fourth-order valence-corrected chi connectivity index (χ4v) is 2.17. The molecule has 0 bridgehead atoms. The molecule has 0 atom stereocenters. The summed E-state index contributed by atoms with van der Waals surface area (Å²) in [7, 11) is 0. The lowest BCUT2D eigenvalue weighted by Gasteiger charge is -2.19. The monoisotopic (exact) mass is 369 g/mol. The molecule has 7 nitrogen and oxygen atoms in total. The summed E-state index contributed by atoms with van der Waals surface area (Å²) >= 11 is 5.98. The molecule has 2 aromatic carbocycles. The van der Waals surface area contributed by atoms with Crippen molar-refractivity contribution >= 4 is 29.6 Å². The Hall–Kier alpha value is -3.45. The Morgan fingerprint density at radius 1 is 0.769 bits per heavy atom. The number of ether oxygens (including phenoxy) is 2. The number of aromatic nitrogens is 2. The molecule has 8 heteroatoms. The van der Waals surface area contributed by atoms with Gasteiger partial charge < -0.3 is 9.47 Å². The molecule has 0 aliphatic heterocycles. The van der Waals surface area contributed by atoms with Crippen LogP contribution in [0.25, 0.3) is 0 Å². The molecule has 0 aliphatic carbocycles. The zero-order valence-corrected chi connectivity index (χ0v) is 14.0. The first kappa shape index (κ1) is 17.4. The van der Waals surface area contributed by atoms with Crippen LogP contribution in [0.15, 0.2) is 73.1 Å². The van der Waals surface area contributed by atoms with Crippen molar-refractivity contribution in [1.29, 1.82) is 0 Å². The molecule has 0 unspecified atom stereocenters. The molecule has 0 saturated carbocycles. The third kappa shape index (κ3) is 4.14. The maximum Gasteiger partial charge on any atom is 0.430 e. The molecule has 0 spiro atoms. The molecular formula is C18H12ClN3O4. The van der Waals surface area contributed by atoms with Gasteiger partial charge in [0.1, 0.15) is 11.5 Å². The van der Waals surface area contributed by atoms with Crippen LogP contribution >= 0.6 is 11.6 Å². The molecule has 0 radical (unpaired) electrons. The van der Waals surface area contributed by atoms with Crippen molar-refractivity contribution in [3.05, 3.63) is 78.2 Å². The number of hydrogen-bond donors (Lipinski definition) is 0. The van der Waals surface area contributed by atoms with Gasteiger partial charge >= 0.3 is 12.2 Å². The third-order valence-corrected chi connectivity index (χ3v) is 3.38. The number of rotatable bonds is 3. The van der Waals surface area contributed by atoms with E-state index in [4.69, 9.17) is 21.1 Å². The van der Waals surface area contributed by atoms with Crippen LogP contribution in [-0.2, 0) is 0 Å². The van der Waals surface area contributed by atoms with Crippen molar-refractivity contribution in [3.63, 3.8) is 0 Å². The Bertz CT molecular complexity index is 853. The lowest BCUT2D eigenvalue weighted by atomic mass is 10.3. The summed E-state index contributed by atoms with van der Waals surface area (Å²) in [5.41, 5.74) is 0. The Morgan fingerprint density at radius 3 is 1.69 bits per heavy atom. The molecule has 0 saturated heterocycles. The average molecular weight is 370 g/mol. The molecule has 26 heavy (non-hydrogen) atoms. The van der Waals surface area contributed by atoms with Gasteiger partial charge in [0.05, 0.1) is 0 Å². The summed E-state index contributed by atoms with van der Waals surface area (Å²) < 4.78 is 10.4. The topological polar surface area (TPSA) is 81.6 Å². The van der Waals surface area contributed by atoms with Crippen LogP contribution in [0, 0.1) is 0 Å². The van der Waals surface area contributed by atoms with Gasteiger partial charge in [-0.1, -0.05) is 48.0 Å². The number of para-hydroxylation sites is 2. The Kier molecular flexibility index (Phi) is 5.40. The zero-order chi connectivity index (χ0) is 18.4. The number of carbonyl (C=O) groups excluding carboxylic acids is 2. The summed E-state index contributed by atoms with van der Waals surface area (Å²) in [6, 6.07) is 16.5. The number of nitrogens with zero attached hydrogens (tertiary/aromatic N) is 3. The minimum absolute atomic E-state index is 0.150. The fourth-order valence-electron chi connectivity index (χ4n) is 1.98. The van der Waals surface area contributed by atoms with Crippen molar-refractivity contribution in [2.75, 3.05) is 4.90 Å². The van der Waals surface area contributed by atoms with Gasteiger partial charge in [0.25, 0.3) is 0 Å². The van der Waals surface area contributed by atoms with Crippen molar-refractivity contribution in [3.8, 4) is 11.5 Å². The van der Waals surface area contributed by atoms with Gasteiger partial charge in [0, 0.05) is 12.4 Å². The fraction of sp³-hybridized carbons (Fsp3) is 0. The summed E-state index contributed by atoms with van der Waals surface area (Å²) in [6.45, 7) is 0. The van der Waals surface area contributed by atoms with Gasteiger partial charge in [0.2, 0.25) is 0 Å². The van der Waals surface area contributed by atoms with E-state index in [2.05, 4.69) is 9.97 Å². The second kappa shape index (κ2) is 8.09. The summed E-state index contributed by atoms with van der Waals surface area (Å²) in [4.78, 5) is 33.5. The van der Waals surface area contributed by atoms with E-state index in [0.717, 1.165) is 0 Å². The number of benzene rings is 2. The molecule has 0 aliphatic rings. The van der Waals surface area contributed by atoms with E-state index in [-0.39, 0.29) is 22.5 Å². The molecule has 1 aromatic heterocycles. The highest BCUT2D eigenvalue weighted by atomic mass is 35.5. The molecular weight excluding hydrogens is 358 g/mol. The first-order valence-corrected chi connectivity index (χ1v) is 7.83. The number of hydrogen-bond acceptors (Lipinski definition) is 6. The zero-order valence-electron chi connectivity index (χ0n) is 13.3. The van der Waals surface area contributed by atoms with Crippen LogP contribution in [0.5, 0.6) is 11.5 Å². The molecule has 0 N–H and O–H groups in total. The van der Waals surface area contributed by atoms with Gasteiger partial charge in [-0.3, -0.25) is 0 Å². The van der Waals surface area contributed by atoms with Gasteiger partial charge in [0.15, 0.2) is 11.0 Å². The van der Waals surface area contributed by atoms with E-state index in [0.29, 0.717) is 4.90 Å². The minimum atomic E-state index is -1.03. The number of imide groups is 1. The summed E-state index contributed by atoms with van der Waals surface area (Å²) in [5, 5.41) is -0.150. The van der Waals surface area contributed by atoms with E-state index in [1.54, 1.807) is 60.7 Å². The normalized spacial score (nSPS) is 10.0. The van der Waals surface area contributed by atoms with E-state index in [9.17, 15) is 9.59 Å². The first-order valence-electron chi connectivity index (χ1n) is 7.45. The van der Waals surface area contributed by atoms with Crippen LogP contribution < -0.4 is 14.4 Å². The van der Waals surface area contributed by atoms with Crippen LogP contribution in [0.1, 0.15) is 0 Å². The number of amides is 2. The van der Waals surface area contributed by atoms with E-state index >= 15 is 0 Å². The predicted molar refractivity (Wildman–Crippen MR) is 94.5 cm³/mol. The van der Waals surface area contributed by atoms with Crippen molar-refractivity contribution in [1.82, 2.24) is 9.97 Å². The highest BCUT2D eigenvalue weighted by molar-refractivity contribution is 6.33. The van der Waals surface area contributed by atoms with Crippen LogP contribution in [-0.4, -0.2) is 22.2 Å². The SMILES string of the molecule is O=C(Oc1ccccc1)N(C(=O)Oc1ccccc1)c1nccnc1Cl. The predicted octanol–water partition coefficient (Wildman–Crippen LogP) is 4.33. The largest absolute Gasteiger partial charge is 0.430 e. The summed E-state index contributed by atoms with van der Waals surface area (Å²) in [5.74, 6) is 0.293. The maximum atomic E-state index is 12.6. The molecule has 130 valence electrons. The van der Waals surface area contributed by atoms with E-state index < -0.39 is 12.2 Å². The minimum Gasteiger partial charge on any atom is -0.410 e. The quantitative estimate of drug-likeness (QED) is 0.683. The summed E-state index contributed by atoms with van der Waals surface area (Å²) in [6.07, 6.45) is 0.563. The highest BCUT2D eigenvalue weighted by Gasteiger charge is 2.31.